The van der Waals surface area contributed by atoms with E-state index in [2.05, 4.69) is 5.32 Å². The van der Waals surface area contributed by atoms with Gasteiger partial charge in [-0.2, -0.15) is 0 Å². The minimum atomic E-state index is -0.952. The SMILES string of the molecule is COC(CNC(=O)c1ccc(C)cc1)CC(=O)O. The largest absolute Gasteiger partial charge is 0.481 e. The van der Waals surface area contributed by atoms with E-state index in [4.69, 9.17) is 9.84 Å². The Bertz CT molecular complexity index is 414. The van der Waals surface area contributed by atoms with Gasteiger partial charge < -0.3 is 15.2 Å². The Morgan fingerprint density at radius 1 is 1.33 bits per heavy atom. The van der Waals surface area contributed by atoms with Crippen molar-refractivity contribution in [3.05, 3.63) is 35.4 Å². The van der Waals surface area contributed by atoms with Crippen LogP contribution in [0.25, 0.3) is 0 Å². The molecule has 0 aliphatic rings. The maximum Gasteiger partial charge on any atom is 0.306 e. The quantitative estimate of drug-likeness (QED) is 0.797. The molecule has 0 aromatic heterocycles. The normalized spacial score (nSPS) is 11.9. The Hall–Kier alpha value is -1.88. The van der Waals surface area contributed by atoms with Gasteiger partial charge in [-0.05, 0) is 19.1 Å². The van der Waals surface area contributed by atoms with Crippen LogP contribution < -0.4 is 5.32 Å². The molecule has 1 rings (SSSR count). The van der Waals surface area contributed by atoms with E-state index >= 15 is 0 Å². The number of carboxylic acids is 1. The number of aryl methyl sites for hydroxylation is 1. The molecule has 1 unspecified atom stereocenters. The zero-order valence-electron chi connectivity index (χ0n) is 10.5. The summed E-state index contributed by atoms with van der Waals surface area (Å²) in [5, 5.41) is 11.3. The zero-order chi connectivity index (χ0) is 13.5. The molecule has 18 heavy (non-hydrogen) atoms. The van der Waals surface area contributed by atoms with Crippen molar-refractivity contribution in [2.75, 3.05) is 13.7 Å². The first kappa shape index (κ1) is 14.2. The molecule has 2 N–H and O–H groups in total. The molecule has 0 bridgehead atoms. The lowest BCUT2D eigenvalue weighted by Gasteiger charge is -2.13. The van der Waals surface area contributed by atoms with Crippen molar-refractivity contribution >= 4 is 11.9 Å². The molecule has 5 nitrogen and oxygen atoms in total. The van der Waals surface area contributed by atoms with Crippen molar-refractivity contribution < 1.29 is 19.4 Å². The highest BCUT2D eigenvalue weighted by molar-refractivity contribution is 5.94. The van der Waals surface area contributed by atoms with Gasteiger partial charge in [0.2, 0.25) is 0 Å². The third kappa shape index (κ3) is 4.55. The molecule has 5 heteroatoms. The van der Waals surface area contributed by atoms with Crippen LogP contribution in [0.3, 0.4) is 0 Å². The van der Waals surface area contributed by atoms with Gasteiger partial charge in [0.25, 0.3) is 5.91 Å². The van der Waals surface area contributed by atoms with Crippen molar-refractivity contribution in [2.24, 2.45) is 0 Å². The summed E-state index contributed by atoms with van der Waals surface area (Å²) >= 11 is 0. The lowest BCUT2D eigenvalue weighted by Crippen LogP contribution is -2.34. The second kappa shape index (κ2) is 6.76. The van der Waals surface area contributed by atoms with E-state index in [1.165, 1.54) is 7.11 Å². The highest BCUT2D eigenvalue weighted by Crippen LogP contribution is 2.03. The maximum absolute atomic E-state index is 11.7. The fourth-order valence-corrected chi connectivity index (χ4v) is 1.45. The van der Waals surface area contributed by atoms with Gasteiger partial charge >= 0.3 is 5.97 Å². The standard InChI is InChI=1S/C13H17NO4/c1-9-3-5-10(6-4-9)13(17)14-8-11(18-2)7-12(15)16/h3-6,11H,7-8H2,1-2H3,(H,14,17)(H,15,16). The van der Waals surface area contributed by atoms with Crippen molar-refractivity contribution in [3.63, 3.8) is 0 Å². The summed E-state index contributed by atoms with van der Waals surface area (Å²) in [6.45, 7) is 2.12. The van der Waals surface area contributed by atoms with Crippen LogP contribution in [0.2, 0.25) is 0 Å². The number of methoxy groups -OCH3 is 1. The van der Waals surface area contributed by atoms with Crippen LogP contribution in [-0.4, -0.2) is 36.7 Å². The molecule has 0 aliphatic carbocycles. The van der Waals surface area contributed by atoms with Crippen LogP contribution in [0.4, 0.5) is 0 Å². The Balaban J connectivity index is 2.49. The summed E-state index contributed by atoms with van der Waals surface area (Å²) in [5.74, 6) is -1.19. The lowest BCUT2D eigenvalue weighted by atomic mass is 10.1. The summed E-state index contributed by atoms with van der Waals surface area (Å²) in [6, 6.07) is 7.15. The van der Waals surface area contributed by atoms with Gasteiger partial charge in [0, 0.05) is 19.2 Å². The summed E-state index contributed by atoms with van der Waals surface area (Å²) in [5.41, 5.74) is 1.62. The lowest BCUT2D eigenvalue weighted by molar-refractivity contribution is -0.139. The summed E-state index contributed by atoms with van der Waals surface area (Å²) in [7, 11) is 1.42. The number of carbonyl (C=O) groups is 2. The van der Waals surface area contributed by atoms with Crippen LogP contribution in [0, 0.1) is 6.92 Å². The number of nitrogens with one attached hydrogen (secondary N) is 1. The van der Waals surface area contributed by atoms with Gasteiger partial charge in [-0.3, -0.25) is 9.59 Å². The number of rotatable bonds is 6. The first-order chi connectivity index (χ1) is 8.52. The minimum Gasteiger partial charge on any atom is -0.481 e. The number of carbonyl (C=O) groups excluding carboxylic acids is 1. The number of hydrogen-bond acceptors (Lipinski definition) is 3. The van der Waals surface area contributed by atoms with Crippen molar-refractivity contribution in [1.29, 1.82) is 0 Å². The molecule has 0 saturated heterocycles. The molecule has 1 atom stereocenters. The second-order valence-corrected chi connectivity index (χ2v) is 4.03. The number of carboxylic acid groups (broad SMARTS) is 1. The third-order valence-corrected chi connectivity index (χ3v) is 2.54. The fourth-order valence-electron chi connectivity index (χ4n) is 1.45. The topological polar surface area (TPSA) is 75.6 Å². The molecule has 1 aromatic carbocycles. The zero-order valence-corrected chi connectivity index (χ0v) is 10.5. The molecule has 0 heterocycles. The third-order valence-electron chi connectivity index (χ3n) is 2.54. The van der Waals surface area contributed by atoms with E-state index in [1.807, 2.05) is 19.1 Å². The molecule has 0 radical (unpaired) electrons. The van der Waals surface area contributed by atoms with Crippen LogP contribution in [0.1, 0.15) is 22.3 Å². The first-order valence-electron chi connectivity index (χ1n) is 5.62. The predicted molar refractivity (Wildman–Crippen MR) is 66.6 cm³/mol. The molecule has 1 aromatic rings. The first-order valence-corrected chi connectivity index (χ1v) is 5.62. The van der Waals surface area contributed by atoms with E-state index < -0.39 is 12.1 Å². The molecular weight excluding hydrogens is 234 g/mol. The highest BCUT2D eigenvalue weighted by atomic mass is 16.5. The highest BCUT2D eigenvalue weighted by Gasteiger charge is 2.14. The van der Waals surface area contributed by atoms with Gasteiger partial charge in [0.05, 0.1) is 12.5 Å². The summed E-state index contributed by atoms with van der Waals surface area (Å²) in [6.07, 6.45) is -0.651. The van der Waals surface area contributed by atoms with E-state index in [0.717, 1.165) is 5.56 Å². The van der Waals surface area contributed by atoms with Gasteiger partial charge in [-0.25, -0.2) is 0 Å². The second-order valence-electron chi connectivity index (χ2n) is 4.03. The minimum absolute atomic E-state index is 0.134. The van der Waals surface area contributed by atoms with Crippen LogP contribution in [0.15, 0.2) is 24.3 Å². The van der Waals surface area contributed by atoms with Crippen molar-refractivity contribution in [3.8, 4) is 0 Å². The predicted octanol–water partition coefficient (Wildman–Crippen LogP) is 1.21. The van der Waals surface area contributed by atoms with Gasteiger partial charge in [0.15, 0.2) is 0 Å². The number of ether oxygens (including phenoxy) is 1. The van der Waals surface area contributed by atoms with E-state index in [9.17, 15) is 9.59 Å². The number of benzene rings is 1. The average molecular weight is 251 g/mol. The van der Waals surface area contributed by atoms with E-state index in [1.54, 1.807) is 12.1 Å². The van der Waals surface area contributed by atoms with Crippen LogP contribution in [-0.2, 0) is 9.53 Å². The Morgan fingerprint density at radius 3 is 2.44 bits per heavy atom. The molecule has 1 amide bonds. The van der Waals surface area contributed by atoms with Gasteiger partial charge in [0.1, 0.15) is 0 Å². The Labute approximate surface area is 106 Å². The van der Waals surface area contributed by atoms with Crippen molar-refractivity contribution in [2.45, 2.75) is 19.4 Å². The molecule has 0 fully saturated rings. The van der Waals surface area contributed by atoms with Crippen molar-refractivity contribution in [1.82, 2.24) is 5.32 Å². The number of aliphatic carboxylic acids is 1. The van der Waals surface area contributed by atoms with Gasteiger partial charge in [-0.1, -0.05) is 17.7 Å². The van der Waals surface area contributed by atoms with Crippen LogP contribution >= 0.6 is 0 Å². The monoisotopic (exact) mass is 251 g/mol. The van der Waals surface area contributed by atoms with Crippen LogP contribution in [0.5, 0.6) is 0 Å². The number of hydrogen-bond donors (Lipinski definition) is 2. The molecular formula is C13H17NO4. The summed E-state index contributed by atoms with van der Waals surface area (Å²) < 4.78 is 4.97. The Kier molecular flexibility index (Phi) is 5.32. The average Bonchev–Trinajstić information content (AvgIpc) is 2.34. The molecule has 98 valence electrons. The smallest absolute Gasteiger partial charge is 0.306 e. The molecule has 0 saturated carbocycles. The maximum atomic E-state index is 11.7. The summed E-state index contributed by atoms with van der Waals surface area (Å²) in [4.78, 5) is 22.3. The number of amides is 1. The molecule has 0 spiro atoms. The van der Waals surface area contributed by atoms with E-state index in [0.29, 0.717) is 5.56 Å². The molecule has 0 aliphatic heterocycles. The van der Waals surface area contributed by atoms with E-state index in [-0.39, 0.29) is 18.9 Å². The van der Waals surface area contributed by atoms with Gasteiger partial charge in [-0.15, -0.1) is 0 Å². The fraction of sp³-hybridized carbons (Fsp3) is 0.385. The Morgan fingerprint density at radius 2 is 1.94 bits per heavy atom.